The molecule has 0 radical (unpaired) electrons. The fraction of sp³-hybridized carbons (Fsp3) is 0.211. The van der Waals surface area contributed by atoms with E-state index in [1.54, 1.807) is 41.1 Å². The van der Waals surface area contributed by atoms with Gasteiger partial charge >= 0.3 is 0 Å². The van der Waals surface area contributed by atoms with Gasteiger partial charge in [0.25, 0.3) is 0 Å². The molecule has 3 aromatic rings. The molecule has 0 unspecified atom stereocenters. The van der Waals surface area contributed by atoms with Gasteiger partial charge in [-0.3, -0.25) is 9.59 Å². The normalized spacial score (nSPS) is 13.3. The van der Waals surface area contributed by atoms with Crippen LogP contribution in [0.15, 0.2) is 59.8 Å². The Balaban J connectivity index is 1.44. The highest BCUT2D eigenvalue weighted by Crippen LogP contribution is 2.36. The number of anilines is 1. The number of nitrogens with zero attached hydrogens (tertiary/aromatic N) is 4. The number of hydrogen-bond acceptors (Lipinski definition) is 6. The predicted octanol–water partition coefficient (Wildman–Crippen LogP) is 2.97. The van der Waals surface area contributed by atoms with Crippen LogP contribution in [-0.2, 0) is 4.79 Å². The number of benzene rings is 2. The number of nitrogens with one attached hydrogen (secondary N) is 1. The van der Waals surface area contributed by atoms with Crippen molar-refractivity contribution < 1.29 is 9.59 Å². The third-order valence-corrected chi connectivity index (χ3v) is 5.10. The first-order valence-corrected chi connectivity index (χ1v) is 9.60. The van der Waals surface area contributed by atoms with Crippen LogP contribution in [0, 0.1) is 0 Å². The summed E-state index contributed by atoms with van der Waals surface area (Å²) in [6, 6.07) is 16.4. The first kappa shape index (κ1) is 17.4. The van der Waals surface area contributed by atoms with Crippen molar-refractivity contribution in [3.8, 4) is 0 Å². The summed E-state index contributed by atoms with van der Waals surface area (Å²) in [7, 11) is 0. The molecular formula is C19H17N5O2S. The van der Waals surface area contributed by atoms with Gasteiger partial charge in [0.1, 0.15) is 0 Å². The summed E-state index contributed by atoms with van der Waals surface area (Å²) in [5, 5.41) is 15.1. The van der Waals surface area contributed by atoms with Gasteiger partial charge in [-0.25, -0.2) is 4.68 Å². The molecule has 1 aliphatic rings. The molecule has 1 amide bonds. The standard InChI is InChI=1S/C19H17N5O2S/c25-17(12-27-19-21-22-23-24(19)14-10-11-14)20-16-9-5-4-8-15(16)18(26)13-6-2-1-3-7-13/h1-9,14H,10-12H2,(H,20,25). The summed E-state index contributed by atoms with van der Waals surface area (Å²) in [4.78, 5) is 25.1. The molecule has 2 aromatic carbocycles. The van der Waals surface area contributed by atoms with E-state index in [0.717, 1.165) is 12.8 Å². The minimum atomic E-state index is -0.210. The third-order valence-electron chi connectivity index (χ3n) is 4.17. The molecule has 1 aliphatic carbocycles. The lowest BCUT2D eigenvalue weighted by Gasteiger charge is -2.10. The monoisotopic (exact) mass is 379 g/mol. The summed E-state index contributed by atoms with van der Waals surface area (Å²) in [6.45, 7) is 0. The van der Waals surface area contributed by atoms with Crippen LogP contribution in [0.3, 0.4) is 0 Å². The molecule has 0 aliphatic heterocycles. The number of ketones is 1. The van der Waals surface area contributed by atoms with Gasteiger partial charge in [0, 0.05) is 11.1 Å². The second-order valence-corrected chi connectivity index (χ2v) is 7.16. The predicted molar refractivity (Wildman–Crippen MR) is 102 cm³/mol. The van der Waals surface area contributed by atoms with Gasteiger partial charge in [-0.15, -0.1) is 5.10 Å². The zero-order chi connectivity index (χ0) is 18.6. The zero-order valence-corrected chi connectivity index (χ0v) is 15.2. The fourth-order valence-electron chi connectivity index (χ4n) is 2.68. The Morgan fingerprint density at radius 1 is 1.07 bits per heavy atom. The Hall–Kier alpha value is -3.00. The lowest BCUT2D eigenvalue weighted by molar-refractivity contribution is -0.113. The summed E-state index contributed by atoms with van der Waals surface area (Å²) >= 11 is 1.29. The highest BCUT2D eigenvalue weighted by Gasteiger charge is 2.28. The Morgan fingerprint density at radius 2 is 1.81 bits per heavy atom. The molecule has 1 aromatic heterocycles. The molecule has 0 saturated heterocycles. The largest absolute Gasteiger partial charge is 0.325 e. The molecular weight excluding hydrogens is 362 g/mol. The number of tetrazole rings is 1. The van der Waals surface area contributed by atoms with Gasteiger partial charge in [-0.05, 0) is 35.4 Å². The highest BCUT2D eigenvalue weighted by atomic mass is 32.2. The van der Waals surface area contributed by atoms with Crippen molar-refractivity contribution in [2.75, 3.05) is 11.1 Å². The number of carbonyl (C=O) groups excluding carboxylic acids is 2. The van der Waals surface area contributed by atoms with E-state index in [0.29, 0.717) is 28.0 Å². The quantitative estimate of drug-likeness (QED) is 0.501. The van der Waals surface area contributed by atoms with Gasteiger partial charge in [0.15, 0.2) is 5.78 Å². The van der Waals surface area contributed by atoms with Crippen molar-refractivity contribution in [1.29, 1.82) is 0 Å². The molecule has 1 N–H and O–H groups in total. The summed E-state index contributed by atoms with van der Waals surface area (Å²) in [5.41, 5.74) is 1.54. The topological polar surface area (TPSA) is 89.8 Å². The van der Waals surface area contributed by atoms with Crippen LogP contribution in [0.4, 0.5) is 5.69 Å². The van der Waals surface area contributed by atoms with Crippen LogP contribution in [0.25, 0.3) is 0 Å². The molecule has 0 bridgehead atoms. The minimum Gasteiger partial charge on any atom is -0.325 e. The second-order valence-electron chi connectivity index (χ2n) is 6.21. The fourth-order valence-corrected chi connectivity index (χ4v) is 3.42. The van der Waals surface area contributed by atoms with Crippen LogP contribution in [-0.4, -0.2) is 37.7 Å². The van der Waals surface area contributed by atoms with Crippen molar-refractivity contribution in [2.45, 2.75) is 24.0 Å². The van der Waals surface area contributed by atoms with Crippen LogP contribution in [0.1, 0.15) is 34.8 Å². The van der Waals surface area contributed by atoms with Gasteiger partial charge in [-0.2, -0.15) is 0 Å². The van der Waals surface area contributed by atoms with Crippen molar-refractivity contribution >= 4 is 29.1 Å². The lowest BCUT2D eigenvalue weighted by atomic mass is 10.0. The molecule has 0 spiro atoms. The van der Waals surface area contributed by atoms with Crippen LogP contribution < -0.4 is 5.32 Å². The van der Waals surface area contributed by atoms with E-state index in [-0.39, 0.29) is 17.4 Å². The summed E-state index contributed by atoms with van der Waals surface area (Å²) in [6.07, 6.45) is 2.14. The molecule has 1 saturated carbocycles. The van der Waals surface area contributed by atoms with Gasteiger partial charge in [-0.1, -0.05) is 54.2 Å². The number of thioether (sulfide) groups is 1. The van der Waals surface area contributed by atoms with Crippen LogP contribution >= 0.6 is 11.8 Å². The smallest absolute Gasteiger partial charge is 0.234 e. The summed E-state index contributed by atoms with van der Waals surface area (Å²) in [5.74, 6) is -0.170. The Morgan fingerprint density at radius 3 is 2.59 bits per heavy atom. The minimum absolute atomic E-state index is 0.128. The van der Waals surface area contributed by atoms with Crippen molar-refractivity contribution in [1.82, 2.24) is 20.2 Å². The number of amides is 1. The van der Waals surface area contributed by atoms with E-state index in [2.05, 4.69) is 20.8 Å². The maximum Gasteiger partial charge on any atom is 0.234 e. The Labute approximate surface area is 160 Å². The number of hydrogen-bond donors (Lipinski definition) is 1. The maximum atomic E-state index is 12.7. The lowest BCUT2D eigenvalue weighted by Crippen LogP contribution is -2.17. The SMILES string of the molecule is O=C(CSc1nnnn1C1CC1)Nc1ccccc1C(=O)c1ccccc1. The van der Waals surface area contributed by atoms with Gasteiger partial charge in [0.2, 0.25) is 11.1 Å². The molecule has 0 atom stereocenters. The Kier molecular flexibility index (Phi) is 4.97. The number of rotatable bonds is 7. The third kappa shape index (κ3) is 4.06. The van der Waals surface area contributed by atoms with E-state index in [1.165, 1.54) is 11.8 Å². The first-order valence-electron chi connectivity index (χ1n) is 8.61. The van der Waals surface area contributed by atoms with Crippen molar-refractivity contribution in [3.05, 3.63) is 65.7 Å². The zero-order valence-electron chi connectivity index (χ0n) is 14.4. The molecule has 136 valence electrons. The Bertz CT molecular complexity index is 969. The maximum absolute atomic E-state index is 12.7. The van der Waals surface area contributed by atoms with Gasteiger partial charge < -0.3 is 5.32 Å². The molecule has 4 rings (SSSR count). The second kappa shape index (κ2) is 7.71. The molecule has 1 heterocycles. The average Bonchev–Trinajstić information content (AvgIpc) is 3.44. The summed E-state index contributed by atoms with van der Waals surface area (Å²) < 4.78 is 1.77. The van der Waals surface area contributed by atoms with Gasteiger partial charge in [0.05, 0.1) is 17.5 Å². The molecule has 27 heavy (non-hydrogen) atoms. The number of aromatic nitrogens is 4. The highest BCUT2D eigenvalue weighted by molar-refractivity contribution is 7.99. The number of carbonyl (C=O) groups is 2. The van der Waals surface area contributed by atoms with Crippen molar-refractivity contribution in [2.24, 2.45) is 0 Å². The molecule has 1 fully saturated rings. The van der Waals surface area contributed by atoms with E-state index < -0.39 is 0 Å². The first-order chi connectivity index (χ1) is 13.2. The van der Waals surface area contributed by atoms with E-state index in [9.17, 15) is 9.59 Å². The van der Waals surface area contributed by atoms with Crippen LogP contribution in [0.2, 0.25) is 0 Å². The van der Waals surface area contributed by atoms with E-state index in [4.69, 9.17) is 0 Å². The average molecular weight is 379 g/mol. The van der Waals surface area contributed by atoms with E-state index >= 15 is 0 Å². The van der Waals surface area contributed by atoms with Crippen molar-refractivity contribution in [3.63, 3.8) is 0 Å². The van der Waals surface area contributed by atoms with Crippen LogP contribution in [0.5, 0.6) is 0 Å². The number of para-hydroxylation sites is 1. The molecule has 8 heteroatoms. The molecule has 7 nitrogen and oxygen atoms in total. The van der Waals surface area contributed by atoms with E-state index in [1.807, 2.05) is 18.2 Å².